The molecule has 0 saturated carbocycles. The van der Waals surface area contributed by atoms with Crippen LogP contribution in [0.15, 0.2) is 22.7 Å². The molecule has 1 aliphatic rings. The Labute approximate surface area is 104 Å². The van der Waals surface area contributed by atoms with Crippen molar-refractivity contribution >= 4 is 15.9 Å². The topological polar surface area (TPSA) is 29.3 Å². The fourth-order valence-electron chi connectivity index (χ4n) is 2.18. The van der Waals surface area contributed by atoms with Gasteiger partial charge in [0.25, 0.3) is 0 Å². The molecule has 2 nitrogen and oxygen atoms in total. The van der Waals surface area contributed by atoms with Gasteiger partial charge in [-0.25, -0.2) is 4.39 Å². The zero-order valence-electron chi connectivity index (χ0n) is 9.29. The van der Waals surface area contributed by atoms with Crippen molar-refractivity contribution in [2.75, 3.05) is 13.1 Å². The SMILES string of the molecule is CC1CN(Cc2cc(F)cc(Br)c2)CC1N. The largest absolute Gasteiger partial charge is 0.326 e. The van der Waals surface area contributed by atoms with E-state index in [-0.39, 0.29) is 11.9 Å². The van der Waals surface area contributed by atoms with Gasteiger partial charge in [0.05, 0.1) is 0 Å². The monoisotopic (exact) mass is 286 g/mol. The molecule has 0 bridgehead atoms. The van der Waals surface area contributed by atoms with Crippen LogP contribution >= 0.6 is 15.9 Å². The molecule has 4 heteroatoms. The summed E-state index contributed by atoms with van der Waals surface area (Å²) in [5, 5.41) is 0. The Balaban J connectivity index is 2.04. The molecule has 88 valence electrons. The van der Waals surface area contributed by atoms with Crippen molar-refractivity contribution in [1.82, 2.24) is 4.90 Å². The van der Waals surface area contributed by atoms with Crippen LogP contribution in [0, 0.1) is 11.7 Å². The second-order valence-electron chi connectivity index (χ2n) is 4.61. The van der Waals surface area contributed by atoms with E-state index in [0.29, 0.717) is 5.92 Å². The maximum atomic E-state index is 13.2. The Morgan fingerprint density at radius 2 is 2.19 bits per heavy atom. The zero-order valence-corrected chi connectivity index (χ0v) is 10.9. The normalized spacial score (nSPS) is 26.2. The van der Waals surface area contributed by atoms with Crippen LogP contribution in [0.2, 0.25) is 0 Å². The van der Waals surface area contributed by atoms with Crippen molar-refractivity contribution in [2.24, 2.45) is 11.7 Å². The number of benzene rings is 1. The minimum Gasteiger partial charge on any atom is -0.326 e. The molecule has 0 amide bonds. The van der Waals surface area contributed by atoms with Crippen molar-refractivity contribution in [2.45, 2.75) is 19.5 Å². The molecule has 1 saturated heterocycles. The Kier molecular flexibility index (Phi) is 3.62. The molecule has 0 aromatic heterocycles. The van der Waals surface area contributed by atoms with E-state index >= 15 is 0 Å². The number of hydrogen-bond donors (Lipinski definition) is 1. The highest BCUT2D eigenvalue weighted by Gasteiger charge is 2.26. The molecule has 2 rings (SSSR count). The van der Waals surface area contributed by atoms with Gasteiger partial charge >= 0.3 is 0 Å². The summed E-state index contributed by atoms with van der Waals surface area (Å²) in [7, 11) is 0. The molecule has 2 atom stereocenters. The fraction of sp³-hybridized carbons (Fsp3) is 0.500. The zero-order chi connectivity index (χ0) is 11.7. The van der Waals surface area contributed by atoms with Crippen molar-refractivity contribution < 1.29 is 4.39 Å². The van der Waals surface area contributed by atoms with E-state index in [4.69, 9.17) is 5.73 Å². The second-order valence-corrected chi connectivity index (χ2v) is 5.53. The predicted molar refractivity (Wildman–Crippen MR) is 66.5 cm³/mol. The van der Waals surface area contributed by atoms with Crippen LogP contribution in [0.5, 0.6) is 0 Å². The highest BCUT2D eigenvalue weighted by atomic mass is 79.9. The number of halogens is 2. The van der Waals surface area contributed by atoms with Gasteiger partial charge in [0.2, 0.25) is 0 Å². The van der Waals surface area contributed by atoms with E-state index < -0.39 is 0 Å². The molecule has 1 aliphatic heterocycles. The van der Waals surface area contributed by atoms with Crippen LogP contribution in [-0.2, 0) is 6.54 Å². The van der Waals surface area contributed by atoms with E-state index in [1.165, 1.54) is 6.07 Å². The van der Waals surface area contributed by atoms with Gasteiger partial charge in [0.15, 0.2) is 0 Å². The quantitative estimate of drug-likeness (QED) is 0.905. The number of rotatable bonds is 2. The standard InChI is InChI=1S/C12H16BrFN2/c1-8-5-16(7-12(8)15)6-9-2-10(13)4-11(14)3-9/h2-4,8,12H,5-7,15H2,1H3. The molecule has 1 aromatic rings. The van der Waals surface area contributed by atoms with E-state index in [1.54, 1.807) is 6.07 Å². The van der Waals surface area contributed by atoms with Crippen LogP contribution in [0.3, 0.4) is 0 Å². The summed E-state index contributed by atoms with van der Waals surface area (Å²) >= 11 is 3.30. The first-order chi connectivity index (χ1) is 7.54. The lowest BCUT2D eigenvalue weighted by Crippen LogP contribution is -2.28. The third kappa shape index (κ3) is 2.81. The molecule has 0 radical (unpaired) electrons. The fourth-order valence-corrected chi connectivity index (χ4v) is 2.70. The summed E-state index contributed by atoms with van der Waals surface area (Å²) in [6.45, 7) is 4.82. The summed E-state index contributed by atoms with van der Waals surface area (Å²) in [6, 6.07) is 5.26. The first-order valence-electron chi connectivity index (χ1n) is 5.47. The van der Waals surface area contributed by atoms with Crippen LogP contribution < -0.4 is 5.73 Å². The van der Waals surface area contributed by atoms with E-state index in [1.807, 2.05) is 6.07 Å². The maximum Gasteiger partial charge on any atom is 0.124 e. The molecule has 2 N–H and O–H groups in total. The van der Waals surface area contributed by atoms with Gasteiger partial charge in [0.1, 0.15) is 5.82 Å². The van der Waals surface area contributed by atoms with E-state index in [0.717, 1.165) is 29.7 Å². The maximum absolute atomic E-state index is 13.2. The van der Waals surface area contributed by atoms with Crippen molar-refractivity contribution in [3.8, 4) is 0 Å². The first kappa shape index (κ1) is 12.0. The third-order valence-electron chi connectivity index (χ3n) is 3.07. The van der Waals surface area contributed by atoms with Crippen LogP contribution in [0.25, 0.3) is 0 Å². The van der Waals surface area contributed by atoms with Crippen LogP contribution in [0.4, 0.5) is 4.39 Å². The highest BCUT2D eigenvalue weighted by Crippen LogP contribution is 2.20. The van der Waals surface area contributed by atoms with Crippen molar-refractivity contribution in [3.63, 3.8) is 0 Å². The highest BCUT2D eigenvalue weighted by molar-refractivity contribution is 9.10. The number of nitrogens with zero attached hydrogens (tertiary/aromatic N) is 1. The number of nitrogens with two attached hydrogens (primary N) is 1. The number of likely N-dealkylation sites (tertiary alicyclic amines) is 1. The van der Waals surface area contributed by atoms with Crippen molar-refractivity contribution in [1.29, 1.82) is 0 Å². The Hall–Kier alpha value is -0.450. The molecule has 1 heterocycles. The average Bonchev–Trinajstić information content (AvgIpc) is 2.43. The molecule has 0 spiro atoms. The Morgan fingerprint density at radius 3 is 2.75 bits per heavy atom. The van der Waals surface area contributed by atoms with Crippen LogP contribution in [-0.4, -0.2) is 24.0 Å². The Morgan fingerprint density at radius 1 is 1.44 bits per heavy atom. The molecular formula is C12H16BrFN2. The lowest BCUT2D eigenvalue weighted by atomic mass is 10.1. The summed E-state index contributed by atoms with van der Waals surface area (Å²) < 4.78 is 14.0. The molecule has 0 aliphatic carbocycles. The summed E-state index contributed by atoms with van der Waals surface area (Å²) in [6.07, 6.45) is 0. The smallest absolute Gasteiger partial charge is 0.124 e. The second kappa shape index (κ2) is 4.82. The summed E-state index contributed by atoms with van der Waals surface area (Å²) in [5.74, 6) is 0.331. The molecule has 1 aromatic carbocycles. The van der Waals surface area contributed by atoms with Gasteiger partial charge in [-0.3, -0.25) is 4.90 Å². The van der Waals surface area contributed by atoms with Crippen molar-refractivity contribution in [3.05, 3.63) is 34.1 Å². The van der Waals surface area contributed by atoms with Gasteiger partial charge in [-0.2, -0.15) is 0 Å². The van der Waals surface area contributed by atoms with Gasteiger partial charge < -0.3 is 5.73 Å². The molecule has 2 unspecified atom stereocenters. The predicted octanol–water partition coefficient (Wildman–Crippen LogP) is 2.37. The lowest BCUT2D eigenvalue weighted by molar-refractivity contribution is 0.318. The van der Waals surface area contributed by atoms with E-state index in [9.17, 15) is 4.39 Å². The molecule has 1 fully saturated rings. The summed E-state index contributed by atoms with van der Waals surface area (Å²) in [5.41, 5.74) is 6.95. The lowest BCUT2D eigenvalue weighted by Gasteiger charge is -2.15. The minimum atomic E-state index is -0.194. The van der Waals surface area contributed by atoms with Gasteiger partial charge in [-0.05, 0) is 29.7 Å². The van der Waals surface area contributed by atoms with Crippen LogP contribution in [0.1, 0.15) is 12.5 Å². The van der Waals surface area contributed by atoms with Gasteiger partial charge in [-0.1, -0.05) is 22.9 Å². The average molecular weight is 287 g/mol. The minimum absolute atomic E-state index is 0.194. The van der Waals surface area contributed by atoms with E-state index in [2.05, 4.69) is 27.8 Å². The summed E-state index contributed by atoms with van der Waals surface area (Å²) in [4.78, 5) is 2.27. The van der Waals surface area contributed by atoms with Gasteiger partial charge in [-0.15, -0.1) is 0 Å². The third-order valence-corrected chi connectivity index (χ3v) is 3.53. The molecular weight excluding hydrogens is 271 g/mol. The van der Waals surface area contributed by atoms with Gasteiger partial charge in [0, 0.05) is 30.1 Å². The number of hydrogen-bond acceptors (Lipinski definition) is 2. The first-order valence-corrected chi connectivity index (χ1v) is 6.27. The Bertz CT molecular complexity index is 353. The molecule has 16 heavy (non-hydrogen) atoms.